The summed E-state index contributed by atoms with van der Waals surface area (Å²) in [7, 11) is 0. The van der Waals surface area contributed by atoms with E-state index in [4.69, 9.17) is 4.74 Å². The summed E-state index contributed by atoms with van der Waals surface area (Å²) in [6.07, 6.45) is 3.24. The lowest BCUT2D eigenvalue weighted by atomic mass is 9.94. The minimum Gasteiger partial charge on any atom is -0.488 e. The zero-order valence-corrected chi connectivity index (χ0v) is 24.6. The molecule has 0 aliphatic carbocycles. The quantitative estimate of drug-likeness (QED) is 0.189. The van der Waals surface area contributed by atoms with Gasteiger partial charge < -0.3 is 4.74 Å². The standard InChI is InChI=1S/C27H27NOS2.C6H14/c1-3-12-28(16-22-9-7-21(2)8-10-22)17-23-5-4-6-26(14-23)29-18-27-15-25(20-31-27)24-11-13-30-19-24;1-5-6(2,3)4/h3-11,13-15,19-20H,1,12,16-18H2,2H3;5H2,1-4H3. The molecule has 0 radical (unpaired) electrons. The molecular weight excluding hydrogens is 491 g/mol. The molecule has 0 aliphatic heterocycles. The van der Waals surface area contributed by atoms with E-state index in [1.807, 2.05) is 12.1 Å². The largest absolute Gasteiger partial charge is 0.488 e. The van der Waals surface area contributed by atoms with E-state index in [-0.39, 0.29) is 0 Å². The fraction of sp³-hybridized carbons (Fsp3) is 0.333. The van der Waals surface area contributed by atoms with Crippen molar-refractivity contribution in [1.29, 1.82) is 0 Å². The number of ether oxygens (including phenoxy) is 1. The maximum atomic E-state index is 6.11. The number of aryl methyl sites for hydroxylation is 1. The third-order valence-corrected chi connectivity index (χ3v) is 7.76. The first kappa shape index (κ1) is 28.9. The molecule has 4 heteroatoms. The molecule has 4 rings (SSSR count). The first-order chi connectivity index (χ1) is 17.8. The number of hydrogen-bond acceptors (Lipinski definition) is 4. The Hall–Kier alpha value is -2.66. The van der Waals surface area contributed by atoms with Gasteiger partial charge in [-0.15, -0.1) is 17.9 Å². The molecule has 0 bridgehead atoms. The van der Waals surface area contributed by atoms with Crippen molar-refractivity contribution in [2.24, 2.45) is 5.41 Å². The third-order valence-electron chi connectivity index (χ3n) is 6.17. The molecule has 0 unspecified atom stereocenters. The zero-order chi connectivity index (χ0) is 26.7. The Bertz CT molecular complexity index is 1200. The van der Waals surface area contributed by atoms with Gasteiger partial charge in [-0.1, -0.05) is 82.2 Å². The predicted octanol–water partition coefficient (Wildman–Crippen LogP) is 9.99. The van der Waals surface area contributed by atoms with Crippen LogP contribution >= 0.6 is 22.7 Å². The second-order valence-electron chi connectivity index (χ2n) is 10.6. The summed E-state index contributed by atoms with van der Waals surface area (Å²) in [6.45, 7) is 18.2. The molecule has 2 nitrogen and oxygen atoms in total. The highest BCUT2D eigenvalue weighted by atomic mass is 32.1. The van der Waals surface area contributed by atoms with Gasteiger partial charge in [-0.3, -0.25) is 4.90 Å². The SMILES string of the molecule is C=CCN(Cc1ccc(C)cc1)Cc1cccc(OCc2cc(-c3ccsc3)cs2)c1.CCC(C)(C)C. The summed E-state index contributed by atoms with van der Waals surface area (Å²) >= 11 is 3.48. The lowest BCUT2D eigenvalue weighted by Gasteiger charge is -2.21. The molecule has 0 atom stereocenters. The molecule has 196 valence electrons. The molecule has 0 aliphatic rings. The van der Waals surface area contributed by atoms with Crippen LogP contribution in [0.2, 0.25) is 0 Å². The molecule has 4 aromatic rings. The summed E-state index contributed by atoms with van der Waals surface area (Å²) in [5.41, 5.74) is 6.95. The van der Waals surface area contributed by atoms with E-state index in [0.29, 0.717) is 12.0 Å². The van der Waals surface area contributed by atoms with Gasteiger partial charge in [0.15, 0.2) is 0 Å². The summed E-state index contributed by atoms with van der Waals surface area (Å²) in [5.74, 6) is 0.914. The van der Waals surface area contributed by atoms with Crippen molar-refractivity contribution in [3.8, 4) is 16.9 Å². The second kappa shape index (κ2) is 14.3. The monoisotopic (exact) mass is 531 g/mol. The maximum Gasteiger partial charge on any atom is 0.122 e. The first-order valence-electron chi connectivity index (χ1n) is 13.0. The Labute approximate surface area is 232 Å². The lowest BCUT2D eigenvalue weighted by Crippen LogP contribution is -2.22. The van der Waals surface area contributed by atoms with Crippen LogP contribution in [0.25, 0.3) is 11.1 Å². The smallest absolute Gasteiger partial charge is 0.122 e. The van der Waals surface area contributed by atoms with E-state index in [0.717, 1.165) is 25.4 Å². The number of nitrogens with zero attached hydrogens (tertiary/aromatic N) is 1. The van der Waals surface area contributed by atoms with E-state index in [2.05, 4.69) is 117 Å². The second-order valence-corrected chi connectivity index (χ2v) is 12.4. The number of rotatable bonds is 10. The van der Waals surface area contributed by atoms with Gasteiger partial charge in [-0.2, -0.15) is 11.3 Å². The first-order valence-corrected chi connectivity index (χ1v) is 14.8. The molecule has 2 aromatic heterocycles. The van der Waals surface area contributed by atoms with Crippen molar-refractivity contribution in [2.75, 3.05) is 6.54 Å². The van der Waals surface area contributed by atoms with Crippen molar-refractivity contribution in [1.82, 2.24) is 4.90 Å². The van der Waals surface area contributed by atoms with E-state index < -0.39 is 0 Å². The lowest BCUT2D eigenvalue weighted by molar-refractivity contribution is 0.283. The molecule has 2 heterocycles. The van der Waals surface area contributed by atoms with Crippen LogP contribution in [0, 0.1) is 12.3 Å². The van der Waals surface area contributed by atoms with Gasteiger partial charge in [0.25, 0.3) is 0 Å². The van der Waals surface area contributed by atoms with Gasteiger partial charge in [0.1, 0.15) is 12.4 Å². The summed E-state index contributed by atoms with van der Waals surface area (Å²) in [4.78, 5) is 3.63. The number of thiophene rings is 2. The van der Waals surface area contributed by atoms with Crippen molar-refractivity contribution in [3.63, 3.8) is 0 Å². The minimum atomic E-state index is 0.542. The van der Waals surface area contributed by atoms with Crippen LogP contribution in [0.15, 0.2) is 89.5 Å². The minimum absolute atomic E-state index is 0.542. The normalized spacial score (nSPS) is 11.2. The van der Waals surface area contributed by atoms with Crippen molar-refractivity contribution < 1.29 is 4.74 Å². The predicted molar refractivity (Wildman–Crippen MR) is 164 cm³/mol. The Kier molecular flexibility index (Phi) is 11.2. The Morgan fingerprint density at radius 3 is 2.30 bits per heavy atom. The van der Waals surface area contributed by atoms with Gasteiger partial charge in [-0.05, 0) is 75.0 Å². The molecule has 0 fully saturated rings. The van der Waals surface area contributed by atoms with Crippen LogP contribution in [0.1, 0.15) is 55.7 Å². The van der Waals surface area contributed by atoms with Gasteiger partial charge in [-0.25, -0.2) is 0 Å². The van der Waals surface area contributed by atoms with Crippen molar-refractivity contribution in [2.45, 2.75) is 60.7 Å². The Morgan fingerprint density at radius 1 is 0.919 bits per heavy atom. The molecule has 0 spiro atoms. The van der Waals surface area contributed by atoms with Crippen LogP contribution in [-0.4, -0.2) is 11.4 Å². The molecule has 0 N–H and O–H groups in total. The van der Waals surface area contributed by atoms with Gasteiger partial charge in [0, 0.05) is 24.5 Å². The number of benzene rings is 2. The molecule has 37 heavy (non-hydrogen) atoms. The third kappa shape index (κ3) is 10.3. The average Bonchev–Trinajstić information content (AvgIpc) is 3.57. The molecule has 0 saturated carbocycles. The van der Waals surface area contributed by atoms with Crippen molar-refractivity contribution in [3.05, 3.63) is 111 Å². The molecular formula is C33H41NOS2. The highest BCUT2D eigenvalue weighted by molar-refractivity contribution is 7.10. The highest BCUT2D eigenvalue weighted by Gasteiger charge is 2.08. The van der Waals surface area contributed by atoms with Crippen LogP contribution < -0.4 is 4.74 Å². The molecule has 0 amide bonds. The fourth-order valence-electron chi connectivity index (χ4n) is 3.50. The maximum absolute atomic E-state index is 6.11. The Morgan fingerprint density at radius 2 is 1.65 bits per heavy atom. The van der Waals surface area contributed by atoms with Crippen LogP contribution in [-0.2, 0) is 19.7 Å². The highest BCUT2D eigenvalue weighted by Crippen LogP contribution is 2.28. The van der Waals surface area contributed by atoms with Crippen molar-refractivity contribution >= 4 is 22.7 Å². The fourth-order valence-corrected chi connectivity index (χ4v) is 4.97. The average molecular weight is 532 g/mol. The zero-order valence-electron chi connectivity index (χ0n) is 23.0. The summed E-state index contributed by atoms with van der Waals surface area (Å²) < 4.78 is 6.11. The summed E-state index contributed by atoms with van der Waals surface area (Å²) in [5, 5.41) is 6.50. The van der Waals surface area contributed by atoms with E-state index >= 15 is 0 Å². The van der Waals surface area contributed by atoms with Crippen LogP contribution in [0.3, 0.4) is 0 Å². The molecule has 2 aromatic carbocycles. The Balaban J connectivity index is 0.000000568. The van der Waals surface area contributed by atoms with Gasteiger partial charge in [0.05, 0.1) is 0 Å². The van der Waals surface area contributed by atoms with E-state index in [9.17, 15) is 0 Å². The topological polar surface area (TPSA) is 12.5 Å². The van der Waals surface area contributed by atoms with Crippen LogP contribution in [0.5, 0.6) is 5.75 Å². The van der Waals surface area contributed by atoms with Crippen LogP contribution in [0.4, 0.5) is 0 Å². The summed E-state index contributed by atoms with van der Waals surface area (Å²) in [6, 6.07) is 21.6. The van der Waals surface area contributed by atoms with E-state index in [1.165, 1.54) is 39.1 Å². The van der Waals surface area contributed by atoms with Gasteiger partial charge >= 0.3 is 0 Å². The van der Waals surface area contributed by atoms with Gasteiger partial charge in [0.2, 0.25) is 0 Å². The molecule has 0 saturated heterocycles. The number of hydrogen-bond donors (Lipinski definition) is 0. The van der Waals surface area contributed by atoms with E-state index in [1.54, 1.807) is 22.7 Å².